The highest BCUT2D eigenvalue weighted by atomic mass is 35.5. The van der Waals surface area contributed by atoms with Crippen molar-refractivity contribution >= 4 is 46.8 Å². The summed E-state index contributed by atoms with van der Waals surface area (Å²) >= 11 is 6.00. The molecule has 1 N–H and O–H groups in total. The number of hydrogen-bond acceptors (Lipinski definition) is 4. The Bertz CT molecular complexity index is 1450. The molecule has 3 heterocycles. The van der Waals surface area contributed by atoms with Crippen molar-refractivity contribution in [2.75, 3.05) is 10.2 Å². The Morgan fingerprint density at radius 3 is 2.39 bits per heavy atom. The summed E-state index contributed by atoms with van der Waals surface area (Å²) in [5, 5.41) is 3.49. The maximum Gasteiger partial charge on any atom is 0.247 e. The van der Waals surface area contributed by atoms with Crippen molar-refractivity contribution in [2.24, 2.45) is 11.8 Å². The number of imide groups is 1. The van der Waals surface area contributed by atoms with Crippen molar-refractivity contribution in [3.63, 3.8) is 0 Å². The van der Waals surface area contributed by atoms with E-state index in [0.29, 0.717) is 16.4 Å². The van der Waals surface area contributed by atoms with Gasteiger partial charge in [-0.2, -0.15) is 0 Å². The second-order valence-electron chi connectivity index (χ2n) is 9.63. The van der Waals surface area contributed by atoms with Gasteiger partial charge in [0.15, 0.2) is 0 Å². The van der Waals surface area contributed by atoms with Crippen LogP contribution in [-0.2, 0) is 14.4 Å². The summed E-state index contributed by atoms with van der Waals surface area (Å²) in [5.41, 5.74) is 4.98. The van der Waals surface area contributed by atoms with Crippen LogP contribution >= 0.6 is 11.6 Å². The highest BCUT2D eigenvalue weighted by Crippen LogP contribution is 2.53. The maximum absolute atomic E-state index is 14.0. The third-order valence-electron chi connectivity index (χ3n) is 7.44. The number of hydrogen-bond donors (Lipinski definition) is 1. The molecule has 3 aliphatic rings. The molecule has 6 rings (SSSR count). The standard InChI is InChI=1S/C29H24ClN3O3/c1-16-7-12-22(17(2)15-16)33-28(35)23-24(29(33)36)26(27(34)31-20-10-8-19(30)9-11-20)32-14-13-18-5-3-4-6-21(18)25(23)32/h3-15,23-26H,1-2H3,(H,31,34)/t23-,24+,25+,26-/m0/s1. The number of anilines is 2. The Labute approximate surface area is 214 Å². The zero-order valence-corrected chi connectivity index (χ0v) is 20.6. The molecule has 0 unspecified atom stereocenters. The second kappa shape index (κ2) is 8.35. The van der Waals surface area contributed by atoms with Crippen LogP contribution in [0.4, 0.5) is 11.4 Å². The van der Waals surface area contributed by atoms with Crippen molar-refractivity contribution in [3.8, 4) is 0 Å². The van der Waals surface area contributed by atoms with Gasteiger partial charge in [0.1, 0.15) is 6.04 Å². The lowest BCUT2D eigenvalue weighted by molar-refractivity contribution is -0.128. The summed E-state index contributed by atoms with van der Waals surface area (Å²) in [5.74, 6) is -2.42. The van der Waals surface area contributed by atoms with Crippen LogP contribution in [0.5, 0.6) is 0 Å². The number of benzene rings is 3. The largest absolute Gasteiger partial charge is 0.357 e. The number of amides is 3. The molecule has 6 nitrogen and oxygen atoms in total. The molecule has 36 heavy (non-hydrogen) atoms. The van der Waals surface area contributed by atoms with Gasteiger partial charge < -0.3 is 10.2 Å². The van der Waals surface area contributed by atoms with E-state index in [2.05, 4.69) is 5.32 Å². The Morgan fingerprint density at radius 2 is 1.64 bits per heavy atom. The van der Waals surface area contributed by atoms with Crippen LogP contribution in [0.15, 0.2) is 72.9 Å². The van der Waals surface area contributed by atoms with Gasteiger partial charge in [-0.05, 0) is 66.9 Å². The Kier molecular flexibility index (Phi) is 5.23. The van der Waals surface area contributed by atoms with Gasteiger partial charge in [-0.25, -0.2) is 4.90 Å². The van der Waals surface area contributed by atoms with Gasteiger partial charge in [-0.15, -0.1) is 0 Å². The Morgan fingerprint density at radius 1 is 0.917 bits per heavy atom. The molecule has 3 amide bonds. The molecule has 0 radical (unpaired) electrons. The van der Waals surface area contributed by atoms with E-state index < -0.39 is 23.9 Å². The molecule has 2 saturated heterocycles. The summed E-state index contributed by atoms with van der Waals surface area (Å²) in [7, 11) is 0. The minimum Gasteiger partial charge on any atom is -0.357 e. The smallest absolute Gasteiger partial charge is 0.247 e. The zero-order chi connectivity index (χ0) is 25.1. The van der Waals surface area contributed by atoms with Gasteiger partial charge in [0, 0.05) is 16.9 Å². The topological polar surface area (TPSA) is 69.7 Å². The number of carbonyl (C=O) groups excluding carboxylic acids is 3. The van der Waals surface area contributed by atoms with Gasteiger partial charge in [-0.1, -0.05) is 53.6 Å². The van der Waals surface area contributed by atoms with E-state index in [1.54, 1.807) is 24.3 Å². The lowest BCUT2D eigenvalue weighted by Gasteiger charge is -2.35. The molecule has 0 spiro atoms. The number of nitrogens with one attached hydrogen (secondary N) is 1. The number of aryl methyl sites for hydroxylation is 2. The van der Waals surface area contributed by atoms with Gasteiger partial charge in [-0.3, -0.25) is 14.4 Å². The minimum atomic E-state index is -0.840. The molecular formula is C29H24ClN3O3. The van der Waals surface area contributed by atoms with E-state index in [4.69, 9.17) is 11.6 Å². The summed E-state index contributed by atoms with van der Waals surface area (Å²) < 4.78 is 0. The minimum absolute atomic E-state index is 0.265. The van der Waals surface area contributed by atoms with Crippen molar-refractivity contribution in [3.05, 3.63) is 100 Å². The summed E-state index contributed by atoms with van der Waals surface area (Å²) in [6.07, 6.45) is 3.78. The van der Waals surface area contributed by atoms with Gasteiger partial charge in [0.2, 0.25) is 17.7 Å². The number of rotatable bonds is 3. The average Bonchev–Trinajstić information content (AvgIpc) is 3.34. The highest BCUT2D eigenvalue weighted by Gasteiger charge is 2.64. The molecule has 2 fully saturated rings. The summed E-state index contributed by atoms with van der Waals surface area (Å²) in [4.78, 5) is 44.8. The molecule has 7 heteroatoms. The van der Waals surface area contributed by atoms with E-state index in [9.17, 15) is 14.4 Å². The molecule has 180 valence electrons. The SMILES string of the molecule is Cc1ccc(N2C(=O)[C@@H]3[C@H](C2=O)[C@H]2c4ccccc4C=CN2[C@@H]3C(=O)Nc2ccc(Cl)cc2)c(C)c1. The molecular weight excluding hydrogens is 474 g/mol. The first kappa shape index (κ1) is 22.6. The van der Waals surface area contributed by atoms with Crippen LogP contribution in [-0.4, -0.2) is 28.7 Å². The first-order chi connectivity index (χ1) is 17.3. The van der Waals surface area contributed by atoms with Gasteiger partial charge in [0.25, 0.3) is 0 Å². The van der Waals surface area contributed by atoms with E-state index >= 15 is 0 Å². The van der Waals surface area contributed by atoms with Crippen molar-refractivity contribution in [1.29, 1.82) is 0 Å². The summed E-state index contributed by atoms with van der Waals surface area (Å²) in [6, 6.07) is 19.1. The zero-order valence-electron chi connectivity index (χ0n) is 19.8. The average molecular weight is 498 g/mol. The van der Waals surface area contributed by atoms with Crippen LogP contribution in [0, 0.1) is 25.7 Å². The lowest BCUT2D eigenvalue weighted by Crippen LogP contribution is -2.46. The van der Waals surface area contributed by atoms with Crippen molar-refractivity contribution < 1.29 is 14.4 Å². The molecule has 0 aliphatic carbocycles. The molecule has 3 aromatic rings. The quantitative estimate of drug-likeness (QED) is 0.510. The number of fused-ring (bicyclic) bond motifs is 5. The van der Waals surface area contributed by atoms with Crippen molar-refractivity contribution in [2.45, 2.75) is 25.9 Å². The number of carbonyl (C=O) groups is 3. The molecule has 4 atom stereocenters. The second-order valence-corrected chi connectivity index (χ2v) is 10.1. The van der Waals surface area contributed by atoms with Crippen LogP contribution in [0.2, 0.25) is 5.02 Å². The van der Waals surface area contributed by atoms with E-state index in [0.717, 1.165) is 22.3 Å². The predicted molar refractivity (Wildman–Crippen MR) is 139 cm³/mol. The normalized spacial score (nSPS) is 24.0. The highest BCUT2D eigenvalue weighted by molar-refractivity contribution is 6.30. The fraction of sp³-hybridized carbons (Fsp3) is 0.207. The lowest BCUT2D eigenvalue weighted by atomic mass is 9.84. The van der Waals surface area contributed by atoms with Crippen LogP contribution < -0.4 is 10.2 Å². The molecule has 0 bridgehead atoms. The van der Waals surface area contributed by atoms with Gasteiger partial charge >= 0.3 is 0 Å². The third kappa shape index (κ3) is 3.36. The molecule has 0 saturated carbocycles. The molecule has 3 aromatic carbocycles. The number of nitrogens with zero attached hydrogens (tertiary/aromatic N) is 2. The summed E-state index contributed by atoms with van der Waals surface area (Å²) in [6.45, 7) is 3.87. The Balaban J connectivity index is 1.45. The van der Waals surface area contributed by atoms with Crippen molar-refractivity contribution in [1.82, 2.24) is 4.90 Å². The first-order valence-electron chi connectivity index (χ1n) is 11.9. The van der Waals surface area contributed by atoms with Crippen LogP contribution in [0.1, 0.15) is 28.3 Å². The van der Waals surface area contributed by atoms with E-state index in [1.165, 1.54) is 4.90 Å². The van der Waals surface area contributed by atoms with E-state index in [-0.39, 0.29) is 17.7 Å². The van der Waals surface area contributed by atoms with Crippen LogP contribution in [0.25, 0.3) is 6.08 Å². The number of halogens is 1. The fourth-order valence-corrected chi connectivity index (χ4v) is 6.03. The maximum atomic E-state index is 14.0. The fourth-order valence-electron chi connectivity index (χ4n) is 5.90. The van der Waals surface area contributed by atoms with Gasteiger partial charge in [0.05, 0.1) is 23.6 Å². The monoisotopic (exact) mass is 497 g/mol. The third-order valence-corrected chi connectivity index (χ3v) is 7.69. The molecule has 3 aliphatic heterocycles. The predicted octanol–water partition coefficient (Wildman–Crippen LogP) is 5.11. The first-order valence-corrected chi connectivity index (χ1v) is 12.3. The van der Waals surface area contributed by atoms with Crippen LogP contribution in [0.3, 0.4) is 0 Å². The Hall–Kier alpha value is -3.90. The van der Waals surface area contributed by atoms with E-state index in [1.807, 2.05) is 73.5 Å². The molecule has 0 aromatic heterocycles.